The van der Waals surface area contributed by atoms with Gasteiger partial charge in [0.15, 0.2) is 11.5 Å². The van der Waals surface area contributed by atoms with Gasteiger partial charge in [-0.05, 0) is 49.6 Å². The minimum Gasteiger partial charge on any atom is -0.493 e. The molecule has 31 heavy (non-hydrogen) atoms. The highest BCUT2D eigenvalue weighted by molar-refractivity contribution is 5.96. The first-order valence-corrected chi connectivity index (χ1v) is 10.4. The van der Waals surface area contributed by atoms with E-state index < -0.39 is 5.91 Å². The van der Waals surface area contributed by atoms with Crippen LogP contribution in [0.15, 0.2) is 35.3 Å². The molecule has 1 aliphatic heterocycles. The molecule has 8 nitrogen and oxygen atoms in total. The summed E-state index contributed by atoms with van der Waals surface area (Å²) in [5.41, 5.74) is 1.38. The van der Waals surface area contributed by atoms with Crippen molar-refractivity contribution in [1.82, 2.24) is 14.8 Å². The number of nitrogens with zero attached hydrogens (tertiary/aromatic N) is 2. The van der Waals surface area contributed by atoms with Gasteiger partial charge >= 0.3 is 0 Å². The Morgan fingerprint density at radius 3 is 2.55 bits per heavy atom. The second-order valence-corrected chi connectivity index (χ2v) is 7.62. The molecule has 1 saturated heterocycles. The normalized spacial score (nSPS) is 15.8. The van der Waals surface area contributed by atoms with Crippen LogP contribution in [0, 0.1) is 6.92 Å². The highest BCUT2D eigenvalue weighted by atomic mass is 16.5. The summed E-state index contributed by atoms with van der Waals surface area (Å²) in [4.78, 5) is 39.5. The van der Waals surface area contributed by atoms with Crippen molar-refractivity contribution in [2.24, 2.45) is 0 Å². The minimum absolute atomic E-state index is 0.0184. The van der Waals surface area contributed by atoms with Gasteiger partial charge in [0.05, 0.1) is 20.3 Å². The zero-order valence-corrected chi connectivity index (χ0v) is 18.4. The molecule has 1 aromatic heterocycles. The molecule has 166 valence electrons. The summed E-state index contributed by atoms with van der Waals surface area (Å²) in [6.07, 6.45) is 2.55. The van der Waals surface area contributed by atoms with Gasteiger partial charge in [0, 0.05) is 32.3 Å². The monoisotopic (exact) mass is 427 g/mol. The number of carbonyl (C=O) groups excluding carboxylic acids is 2. The lowest BCUT2D eigenvalue weighted by molar-refractivity contribution is -0.127. The summed E-state index contributed by atoms with van der Waals surface area (Å²) in [7, 11) is 3.16. The number of pyridine rings is 1. The molecule has 1 aliphatic rings. The number of amides is 2. The topological polar surface area (TPSA) is 89.9 Å². The van der Waals surface area contributed by atoms with Gasteiger partial charge in [-0.15, -0.1) is 0 Å². The van der Waals surface area contributed by atoms with Crippen molar-refractivity contribution in [3.05, 3.63) is 57.5 Å². The lowest BCUT2D eigenvalue weighted by atomic mass is 10.1. The molecule has 2 heterocycles. The molecular formula is C23H29N3O5. The number of carbonyl (C=O) groups is 2. The summed E-state index contributed by atoms with van der Waals surface area (Å²) >= 11 is 0. The van der Waals surface area contributed by atoms with Crippen molar-refractivity contribution in [2.45, 2.75) is 39.3 Å². The van der Waals surface area contributed by atoms with Crippen LogP contribution >= 0.6 is 0 Å². The largest absolute Gasteiger partial charge is 0.493 e. The number of hydrogen-bond donors (Lipinski definition) is 1. The first kappa shape index (κ1) is 22.4. The van der Waals surface area contributed by atoms with E-state index in [-0.39, 0.29) is 29.5 Å². The maximum atomic E-state index is 13.0. The highest BCUT2D eigenvalue weighted by Gasteiger charge is 2.30. The lowest BCUT2D eigenvalue weighted by Crippen LogP contribution is -2.41. The van der Waals surface area contributed by atoms with Crippen molar-refractivity contribution in [1.29, 1.82) is 0 Å². The number of nitrogens with one attached hydrogen (secondary N) is 1. The van der Waals surface area contributed by atoms with E-state index in [1.54, 1.807) is 38.3 Å². The molecule has 1 aromatic carbocycles. The standard InChI is InChI=1S/C23H29N3O5/c1-5-25-14-17(13-20(25)27)24-22(28)21-15(2)8-10-26(23(21)29)11-9-16-6-7-18(30-3)19(12-16)31-4/h6-8,10,12,17H,5,9,11,13-14H2,1-4H3,(H,24,28). The van der Waals surface area contributed by atoms with Gasteiger partial charge in [-0.25, -0.2) is 0 Å². The van der Waals surface area contributed by atoms with Crippen molar-refractivity contribution in [3.8, 4) is 11.5 Å². The van der Waals surface area contributed by atoms with Crippen LogP contribution < -0.4 is 20.3 Å². The smallest absolute Gasteiger partial charge is 0.263 e. The van der Waals surface area contributed by atoms with Crippen LogP contribution in [0.4, 0.5) is 0 Å². The van der Waals surface area contributed by atoms with Gasteiger partial charge in [-0.3, -0.25) is 14.4 Å². The van der Waals surface area contributed by atoms with Crippen molar-refractivity contribution in [3.63, 3.8) is 0 Å². The minimum atomic E-state index is -0.432. The van der Waals surface area contributed by atoms with Gasteiger partial charge in [0.1, 0.15) is 5.56 Å². The number of aromatic nitrogens is 1. The molecule has 1 N–H and O–H groups in total. The predicted octanol–water partition coefficient (Wildman–Crippen LogP) is 1.77. The molecule has 1 fully saturated rings. The fourth-order valence-electron chi connectivity index (χ4n) is 3.84. The van der Waals surface area contributed by atoms with E-state index in [1.165, 1.54) is 4.57 Å². The van der Waals surface area contributed by atoms with Crippen molar-refractivity contribution < 1.29 is 19.1 Å². The molecule has 0 spiro atoms. The molecule has 8 heteroatoms. The zero-order valence-electron chi connectivity index (χ0n) is 18.4. The molecule has 0 radical (unpaired) electrons. The third kappa shape index (κ3) is 4.90. The van der Waals surface area contributed by atoms with E-state index in [0.29, 0.717) is 43.1 Å². The second kappa shape index (κ2) is 9.68. The summed E-state index contributed by atoms with van der Waals surface area (Å²) in [5.74, 6) is 0.858. The average molecular weight is 428 g/mol. The maximum absolute atomic E-state index is 13.0. The Labute approximate surface area is 181 Å². The second-order valence-electron chi connectivity index (χ2n) is 7.62. The number of rotatable bonds is 8. The van der Waals surface area contributed by atoms with E-state index in [9.17, 15) is 14.4 Å². The Bertz CT molecular complexity index is 1030. The summed E-state index contributed by atoms with van der Waals surface area (Å²) in [5, 5.41) is 2.86. The number of ether oxygens (including phenoxy) is 2. The highest BCUT2D eigenvalue weighted by Crippen LogP contribution is 2.27. The molecule has 2 amide bonds. The van der Waals surface area contributed by atoms with Crippen LogP contribution in [0.2, 0.25) is 0 Å². The average Bonchev–Trinajstić information content (AvgIpc) is 3.11. The molecule has 1 unspecified atom stereocenters. The Morgan fingerprint density at radius 2 is 1.90 bits per heavy atom. The van der Waals surface area contributed by atoms with Gasteiger partial charge in [-0.2, -0.15) is 0 Å². The quantitative estimate of drug-likeness (QED) is 0.694. The van der Waals surface area contributed by atoms with E-state index in [1.807, 2.05) is 25.1 Å². The van der Waals surface area contributed by atoms with Crippen LogP contribution in [0.1, 0.15) is 34.8 Å². The fourth-order valence-corrected chi connectivity index (χ4v) is 3.84. The van der Waals surface area contributed by atoms with E-state index >= 15 is 0 Å². The number of likely N-dealkylation sites (tertiary alicyclic amines) is 1. The Hall–Kier alpha value is -3.29. The van der Waals surface area contributed by atoms with Crippen LogP contribution in [0.25, 0.3) is 0 Å². The third-order valence-electron chi connectivity index (χ3n) is 5.62. The Kier molecular flexibility index (Phi) is 6.99. The Morgan fingerprint density at radius 1 is 1.16 bits per heavy atom. The number of aryl methyl sites for hydroxylation is 3. The van der Waals surface area contributed by atoms with Gasteiger partial charge in [-0.1, -0.05) is 6.07 Å². The SMILES string of the molecule is CCN1CC(NC(=O)c2c(C)ccn(CCc3ccc(OC)c(OC)c3)c2=O)CC1=O. The number of methoxy groups -OCH3 is 2. The molecule has 3 rings (SSSR count). The van der Waals surface area contributed by atoms with Gasteiger partial charge in [0.25, 0.3) is 11.5 Å². The zero-order chi connectivity index (χ0) is 22.5. The van der Waals surface area contributed by atoms with Gasteiger partial charge in [0.2, 0.25) is 5.91 Å². The van der Waals surface area contributed by atoms with Crippen molar-refractivity contribution >= 4 is 11.8 Å². The molecule has 0 bridgehead atoms. The first-order chi connectivity index (χ1) is 14.9. The van der Waals surface area contributed by atoms with Crippen molar-refractivity contribution in [2.75, 3.05) is 27.3 Å². The third-order valence-corrected chi connectivity index (χ3v) is 5.62. The molecule has 2 aromatic rings. The molecular weight excluding hydrogens is 398 g/mol. The number of hydrogen-bond acceptors (Lipinski definition) is 5. The lowest BCUT2D eigenvalue weighted by Gasteiger charge is -2.16. The molecule has 0 aliphatic carbocycles. The first-order valence-electron chi connectivity index (χ1n) is 10.4. The van der Waals surface area contributed by atoms with Crippen LogP contribution in [0.3, 0.4) is 0 Å². The summed E-state index contributed by atoms with van der Waals surface area (Å²) < 4.78 is 12.1. The van der Waals surface area contributed by atoms with E-state index in [4.69, 9.17) is 9.47 Å². The van der Waals surface area contributed by atoms with E-state index in [2.05, 4.69) is 5.32 Å². The van der Waals surface area contributed by atoms with Gasteiger partial charge < -0.3 is 24.3 Å². The molecule has 1 atom stereocenters. The summed E-state index contributed by atoms with van der Waals surface area (Å²) in [6, 6.07) is 7.11. The van der Waals surface area contributed by atoms with Crippen LogP contribution in [-0.2, 0) is 17.8 Å². The maximum Gasteiger partial charge on any atom is 0.263 e. The van der Waals surface area contributed by atoms with E-state index in [0.717, 1.165) is 5.56 Å². The fraction of sp³-hybridized carbons (Fsp3) is 0.435. The number of benzene rings is 1. The Balaban J connectivity index is 1.74. The summed E-state index contributed by atoms with van der Waals surface area (Å²) in [6.45, 7) is 5.15. The predicted molar refractivity (Wildman–Crippen MR) is 117 cm³/mol. The molecule has 0 saturated carbocycles. The number of likely N-dealkylation sites (N-methyl/N-ethyl adjacent to an activating group) is 1. The van der Waals surface area contributed by atoms with Crippen LogP contribution in [0.5, 0.6) is 11.5 Å². The van der Waals surface area contributed by atoms with Crippen LogP contribution in [-0.4, -0.2) is 54.6 Å².